The van der Waals surface area contributed by atoms with E-state index in [2.05, 4.69) is 21.4 Å². The number of guanidine groups is 1. The number of aromatic nitrogens is 1. The van der Waals surface area contributed by atoms with Crippen molar-refractivity contribution in [3.05, 3.63) is 66.5 Å². The maximum Gasteiger partial charge on any atom is 0.193 e. The van der Waals surface area contributed by atoms with E-state index in [0.717, 1.165) is 22.2 Å². The topological polar surface area (TPSA) is 72.5 Å². The Balaban J connectivity index is 0.00000208. The molecule has 3 N–H and O–H groups in total. The quantitative estimate of drug-likeness (QED) is 0.373. The van der Waals surface area contributed by atoms with Crippen molar-refractivity contribution in [2.45, 2.75) is 6.54 Å². The molecule has 0 amide bonds. The fourth-order valence-corrected chi connectivity index (χ4v) is 2.39. The van der Waals surface area contributed by atoms with Gasteiger partial charge in [0.15, 0.2) is 5.96 Å². The van der Waals surface area contributed by atoms with E-state index >= 15 is 0 Å². The van der Waals surface area contributed by atoms with Crippen LogP contribution in [0.15, 0.2) is 65.8 Å². The molecule has 0 aliphatic rings. The maximum atomic E-state index is 5.98. The summed E-state index contributed by atoms with van der Waals surface area (Å²) in [6.45, 7) is 0.412. The molecule has 0 unspecified atom stereocenters. The van der Waals surface area contributed by atoms with Crippen molar-refractivity contribution in [1.29, 1.82) is 0 Å². The highest BCUT2D eigenvalue weighted by molar-refractivity contribution is 14.0. The predicted octanol–water partition coefficient (Wildman–Crippen LogP) is 3.79. The van der Waals surface area contributed by atoms with Crippen LogP contribution in [0.4, 0.5) is 5.69 Å². The van der Waals surface area contributed by atoms with Gasteiger partial charge in [0.2, 0.25) is 0 Å². The summed E-state index contributed by atoms with van der Waals surface area (Å²) in [5.74, 6) is 1.04. The molecule has 0 spiro atoms. The standard InChI is InChI=1S/C18H18N4O.HI/c1-23-17-9-5-4-8-15(17)22-18(19)21-12-16-14-7-3-2-6-13(14)10-11-20-16;/h2-11H,12H2,1H3,(H3,19,21,22);1H. The molecule has 0 saturated carbocycles. The summed E-state index contributed by atoms with van der Waals surface area (Å²) in [6, 6.07) is 17.6. The number of hydrogen-bond acceptors (Lipinski definition) is 3. The third kappa shape index (κ3) is 4.14. The van der Waals surface area contributed by atoms with E-state index in [9.17, 15) is 0 Å². The normalized spacial score (nSPS) is 11.0. The predicted molar refractivity (Wildman–Crippen MR) is 109 cm³/mol. The molecule has 24 heavy (non-hydrogen) atoms. The van der Waals surface area contributed by atoms with Gasteiger partial charge >= 0.3 is 0 Å². The van der Waals surface area contributed by atoms with Gasteiger partial charge in [-0.05, 0) is 23.6 Å². The summed E-state index contributed by atoms with van der Waals surface area (Å²) in [5, 5.41) is 5.28. The van der Waals surface area contributed by atoms with Crippen LogP contribution >= 0.6 is 24.0 Å². The molecule has 124 valence electrons. The lowest BCUT2D eigenvalue weighted by atomic mass is 10.1. The molecule has 3 rings (SSSR count). The van der Waals surface area contributed by atoms with Crippen LogP contribution in [0.1, 0.15) is 5.69 Å². The molecule has 0 radical (unpaired) electrons. The molecule has 0 aliphatic carbocycles. The second kappa shape index (κ2) is 8.49. The van der Waals surface area contributed by atoms with E-state index in [4.69, 9.17) is 10.5 Å². The van der Waals surface area contributed by atoms with Crippen molar-refractivity contribution in [3.63, 3.8) is 0 Å². The lowest BCUT2D eigenvalue weighted by Gasteiger charge is -2.10. The fourth-order valence-electron chi connectivity index (χ4n) is 2.39. The number of aliphatic imine (C=N–C) groups is 1. The SMILES string of the molecule is COc1ccccc1NC(N)=NCc1nccc2ccccc12.I. The largest absolute Gasteiger partial charge is 0.495 e. The summed E-state index contributed by atoms with van der Waals surface area (Å²) < 4.78 is 5.28. The van der Waals surface area contributed by atoms with Crippen LogP contribution in [0, 0.1) is 0 Å². The number of nitrogens with one attached hydrogen (secondary N) is 1. The van der Waals surface area contributed by atoms with E-state index < -0.39 is 0 Å². The lowest BCUT2D eigenvalue weighted by molar-refractivity contribution is 0.417. The van der Waals surface area contributed by atoms with Crippen LogP contribution in [0.5, 0.6) is 5.75 Å². The third-order valence-electron chi connectivity index (χ3n) is 3.53. The first-order valence-corrected chi connectivity index (χ1v) is 7.30. The zero-order chi connectivity index (χ0) is 16.1. The molecular weight excluding hydrogens is 415 g/mol. The Morgan fingerprint density at radius 3 is 2.71 bits per heavy atom. The molecule has 3 aromatic rings. The van der Waals surface area contributed by atoms with Gasteiger partial charge < -0.3 is 15.8 Å². The first-order chi connectivity index (χ1) is 11.3. The summed E-state index contributed by atoms with van der Waals surface area (Å²) in [7, 11) is 1.62. The third-order valence-corrected chi connectivity index (χ3v) is 3.53. The van der Waals surface area contributed by atoms with E-state index in [0.29, 0.717) is 18.3 Å². The van der Waals surface area contributed by atoms with Crippen molar-refractivity contribution in [2.75, 3.05) is 12.4 Å². The Kier molecular flexibility index (Phi) is 6.36. The van der Waals surface area contributed by atoms with Gasteiger partial charge in [-0.25, -0.2) is 4.99 Å². The van der Waals surface area contributed by atoms with E-state index in [1.54, 1.807) is 13.3 Å². The number of benzene rings is 2. The van der Waals surface area contributed by atoms with Gasteiger partial charge in [0.25, 0.3) is 0 Å². The zero-order valence-corrected chi connectivity index (χ0v) is 15.6. The van der Waals surface area contributed by atoms with Crippen LogP contribution in [0.25, 0.3) is 10.8 Å². The first-order valence-electron chi connectivity index (χ1n) is 7.30. The Bertz CT molecular complexity index is 846. The second-order valence-electron chi connectivity index (χ2n) is 5.01. The molecule has 5 nitrogen and oxygen atoms in total. The van der Waals surface area contributed by atoms with Crippen molar-refractivity contribution < 1.29 is 4.74 Å². The zero-order valence-electron chi connectivity index (χ0n) is 13.3. The number of rotatable bonds is 4. The van der Waals surface area contributed by atoms with Gasteiger partial charge in [-0.3, -0.25) is 4.98 Å². The smallest absolute Gasteiger partial charge is 0.193 e. The van der Waals surface area contributed by atoms with Crippen molar-refractivity contribution >= 4 is 46.4 Å². The number of hydrogen-bond donors (Lipinski definition) is 2. The molecule has 2 aromatic carbocycles. The van der Waals surface area contributed by atoms with Crippen LogP contribution in [0.2, 0.25) is 0 Å². The Morgan fingerprint density at radius 2 is 1.88 bits per heavy atom. The van der Waals surface area contributed by atoms with Crippen LogP contribution in [-0.4, -0.2) is 18.1 Å². The number of methoxy groups -OCH3 is 1. The van der Waals surface area contributed by atoms with Crippen molar-refractivity contribution in [3.8, 4) is 5.75 Å². The molecule has 0 fully saturated rings. The van der Waals surface area contributed by atoms with Gasteiger partial charge in [-0.2, -0.15) is 0 Å². The number of nitrogens with zero attached hydrogens (tertiary/aromatic N) is 2. The number of fused-ring (bicyclic) bond motifs is 1. The minimum atomic E-state index is 0. The summed E-state index contributed by atoms with van der Waals surface area (Å²) in [6.07, 6.45) is 1.79. The van der Waals surface area contributed by atoms with Gasteiger partial charge in [0.1, 0.15) is 5.75 Å². The minimum Gasteiger partial charge on any atom is -0.495 e. The number of anilines is 1. The highest BCUT2D eigenvalue weighted by Crippen LogP contribution is 2.22. The highest BCUT2D eigenvalue weighted by Gasteiger charge is 2.04. The Hall–Kier alpha value is -2.35. The van der Waals surface area contributed by atoms with Gasteiger partial charge in [0, 0.05) is 11.6 Å². The molecule has 0 atom stereocenters. The molecule has 0 saturated heterocycles. The second-order valence-corrected chi connectivity index (χ2v) is 5.01. The molecular formula is C18H19IN4O. The van der Waals surface area contributed by atoms with Crippen molar-refractivity contribution in [1.82, 2.24) is 4.98 Å². The Morgan fingerprint density at radius 1 is 1.12 bits per heavy atom. The number of para-hydroxylation sites is 2. The molecule has 6 heteroatoms. The molecule has 0 bridgehead atoms. The highest BCUT2D eigenvalue weighted by atomic mass is 127. The maximum absolute atomic E-state index is 5.98. The summed E-state index contributed by atoms with van der Waals surface area (Å²) in [5.41, 5.74) is 7.65. The molecule has 1 aromatic heterocycles. The van der Waals surface area contributed by atoms with Crippen molar-refractivity contribution in [2.24, 2.45) is 10.7 Å². The number of pyridine rings is 1. The van der Waals surface area contributed by atoms with E-state index in [-0.39, 0.29) is 24.0 Å². The lowest BCUT2D eigenvalue weighted by Crippen LogP contribution is -2.23. The molecule has 0 aliphatic heterocycles. The Labute approximate surface area is 158 Å². The monoisotopic (exact) mass is 434 g/mol. The fraction of sp³-hybridized carbons (Fsp3) is 0.111. The van der Waals surface area contributed by atoms with Crippen LogP contribution in [0.3, 0.4) is 0 Å². The first kappa shape index (κ1) is 18.0. The summed E-state index contributed by atoms with van der Waals surface area (Å²) in [4.78, 5) is 8.78. The molecule has 1 heterocycles. The minimum absolute atomic E-state index is 0. The van der Waals surface area contributed by atoms with Gasteiger partial charge in [-0.1, -0.05) is 36.4 Å². The van der Waals surface area contributed by atoms with Gasteiger partial charge in [0.05, 0.1) is 25.0 Å². The number of nitrogens with two attached hydrogens (primary N) is 1. The van der Waals surface area contributed by atoms with Gasteiger partial charge in [-0.15, -0.1) is 24.0 Å². The average Bonchev–Trinajstić information content (AvgIpc) is 2.60. The van der Waals surface area contributed by atoms with Crippen LogP contribution < -0.4 is 15.8 Å². The number of ether oxygens (including phenoxy) is 1. The summed E-state index contributed by atoms with van der Waals surface area (Å²) >= 11 is 0. The van der Waals surface area contributed by atoms with E-state index in [1.165, 1.54) is 0 Å². The number of halogens is 1. The van der Waals surface area contributed by atoms with E-state index in [1.807, 2.05) is 48.5 Å². The average molecular weight is 434 g/mol. The van der Waals surface area contributed by atoms with Crippen LogP contribution in [-0.2, 0) is 6.54 Å².